The van der Waals surface area contributed by atoms with E-state index >= 15 is 0 Å². The van der Waals surface area contributed by atoms with Crippen molar-refractivity contribution in [3.63, 3.8) is 0 Å². The van der Waals surface area contributed by atoms with E-state index in [-0.39, 0.29) is 0 Å². The molecule has 3 heteroatoms. The van der Waals surface area contributed by atoms with Gasteiger partial charge >= 0.3 is 0 Å². The summed E-state index contributed by atoms with van der Waals surface area (Å²) in [5.74, 6) is 0. The van der Waals surface area contributed by atoms with Crippen LogP contribution >= 0.6 is 11.6 Å². The van der Waals surface area contributed by atoms with Gasteiger partial charge in [0.15, 0.2) is 0 Å². The Hall–Kier alpha value is -1.54. The molecule has 1 N–H and O–H groups in total. The molecule has 1 heterocycles. The summed E-state index contributed by atoms with van der Waals surface area (Å²) in [6, 6.07) is 9.58. The van der Waals surface area contributed by atoms with Gasteiger partial charge in [-0.25, -0.2) is 0 Å². The highest BCUT2D eigenvalue weighted by Gasteiger charge is 1.88. The number of aromatic amines is 1. The summed E-state index contributed by atoms with van der Waals surface area (Å²) in [7, 11) is 0. The summed E-state index contributed by atoms with van der Waals surface area (Å²) in [5.41, 5.74) is 2.10. The van der Waals surface area contributed by atoms with Crippen LogP contribution < -0.4 is 0 Å². The Labute approximate surface area is 87.2 Å². The van der Waals surface area contributed by atoms with Crippen LogP contribution in [-0.4, -0.2) is 10.2 Å². The standard InChI is InChI=1S/C11H9ClN2/c12-10-4-1-9(2-5-10)3-6-11-7-8-13-14-11/h1-8H,(H,13,14). The molecule has 0 aliphatic heterocycles. The molecule has 70 valence electrons. The van der Waals surface area contributed by atoms with E-state index in [1.807, 2.05) is 42.5 Å². The van der Waals surface area contributed by atoms with E-state index in [1.165, 1.54) is 0 Å². The molecule has 2 nitrogen and oxygen atoms in total. The van der Waals surface area contributed by atoms with Gasteiger partial charge in [0.05, 0.1) is 5.69 Å². The molecule has 2 aromatic rings. The highest BCUT2D eigenvalue weighted by molar-refractivity contribution is 6.30. The smallest absolute Gasteiger partial charge is 0.0577 e. The Balaban J connectivity index is 2.15. The zero-order valence-electron chi connectivity index (χ0n) is 7.44. The number of nitrogens with zero attached hydrogens (tertiary/aromatic N) is 1. The fourth-order valence-corrected chi connectivity index (χ4v) is 1.25. The molecule has 1 aromatic heterocycles. The molecule has 0 amide bonds. The van der Waals surface area contributed by atoms with Gasteiger partial charge in [0, 0.05) is 11.2 Å². The second-order valence-corrected chi connectivity index (χ2v) is 3.33. The van der Waals surface area contributed by atoms with Crippen LogP contribution in [0, 0.1) is 0 Å². The molecule has 1 aromatic carbocycles. The normalized spacial score (nSPS) is 10.9. The van der Waals surface area contributed by atoms with Crippen molar-refractivity contribution in [1.82, 2.24) is 10.2 Å². The highest BCUT2D eigenvalue weighted by Crippen LogP contribution is 2.11. The second-order valence-electron chi connectivity index (χ2n) is 2.90. The van der Waals surface area contributed by atoms with Gasteiger partial charge in [0.25, 0.3) is 0 Å². The van der Waals surface area contributed by atoms with E-state index in [0.29, 0.717) is 0 Å². The first-order valence-electron chi connectivity index (χ1n) is 4.27. The lowest BCUT2D eigenvalue weighted by Gasteiger charge is -1.92. The maximum absolute atomic E-state index is 5.77. The van der Waals surface area contributed by atoms with Crippen molar-refractivity contribution in [2.75, 3.05) is 0 Å². The summed E-state index contributed by atoms with van der Waals surface area (Å²) in [6.45, 7) is 0. The van der Waals surface area contributed by atoms with Crippen LogP contribution in [0.25, 0.3) is 12.2 Å². The van der Waals surface area contributed by atoms with Gasteiger partial charge in [-0.05, 0) is 29.8 Å². The lowest BCUT2D eigenvalue weighted by molar-refractivity contribution is 1.08. The first-order valence-corrected chi connectivity index (χ1v) is 4.65. The zero-order chi connectivity index (χ0) is 9.80. The van der Waals surface area contributed by atoms with E-state index in [2.05, 4.69) is 10.2 Å². The molecule has 0 bridgehead atoms. The van der Waals surface area contributed by atoms with E-state index in [1.54, 1.807) is 6.20 Å². The van der Waals surface area contributed by atoms with E-state index in [4.69, 9.17) is 11.6 Å². The first kappa shape index (κ1) is 9.03. The van der Waals surface area contributed by atoms with Crippen molar-refractivity contribution in [2.24, 2.45) is 0 Å². The van der Waals surface area contributed by atoms with Gasteiger partial charge in [-0.15, -0.1) is 0 Å². The van der Waals surface area contributed by atoms with Crippen molar-refractivity contribution in [3.8, 4) is 0 Å². The third-order valence-corrected chi connectivity index (χ3v) is 2.10. The van der Waals surface area contributed by atoms with E-state index in [0.717, 1.165) is 16.3 Å². The summed E-state index contributed by atoms with van der Waals surface area (Å²) in [5, 5.41) is 7.46. The number of nitrogens with one attached hydrogen (secondary N) is 1. The quantitative estimate of drug-likeness (QED) is 0.800. The number of benzene rings is 1. The SMILES string of the molecule is Clc1ccc(C=Cc2ccn[nH]2)cc1. The topological polar surface area (TPSA) is 28.7 Å². The fraction of sp³-hybridized carbons (Fsp3) is 0. The van der Waals surface area contributed by atoms with Crippen LogP contribution in [0.4, 0.5) is 0 Å². The molecule has 0 spiro atoms. The van der Waals surface area contributed by atoms with Gasteiger partial charge in [0.2, 0.25) is 0 Å². The Morgan fingerprint density at radius 2 is 1.86 bits per heavy atom. The van der Waals surface area contributed by atoms with Gasteiger partial charge in [-0.1, -0.05) is 29.8 Å². The van der Waals surface area contributed by atoms with Crippen LogP contribution in [0.15, 0.2) is 36.5 Å². The van der Waals surface area contributed by atoms with Crippen molar-refractivity contribution >= 4 is 23.8 Å². The molecular formula is C11H9ClN2. The van der Waals surface area contributed by atoms with Gasteiger partial charge < -0.3 is 0 Å². The first-order chi connectivity index (χ1) is 6.84. The van der Waals surface area contributed by atoms with E-state index < -0.39 is 0 Å². The Morgan fingerprint density at radius 1 is 1.07 bits per heavy atom. The van der Waals surface area contributed by atoms with Crippen LogP contribution in [0.3, 0.4) is 0 Å². The maximum atomic E-state index is 5.77. The highest BCUT2D eigenvalue weighted by atomic mass is 35.5. The van der Waals surface area contributed by atoms with Gasteiger partial charge in [-0.2, -0.15) is 5.10 Å². The maximum Gasteiger partial charge on any atom is 0.0577 e. The minimum absolute atomic E-state index is 0.753. The Bertz CT molecular complexity index is 415. The zero-order valence-corrected chi connectivity index (χ0v) is 8.20. The average Bonchev–Trinajstić information content (AvgIpc) is 2.70. The predicted octanol–water partition coefficient (Wildman–Crippen LogP) is 3.23. The Morgan fingerprint density at radius 3 is 2.50 bits per heavy atom. The molecule has 14 heavy (non-hydrogen) atoms. The number of aromatic nitrogens is 2. The second kappa shape index (κ2) is 4.11. The third kappa shape index (κ3) is 2.24. The molecule has 0 radical (unpaired) electrons. The number of hydrogen-bond donors (Lipinski definition) is 1. The molecular weight excluding hydrogens is 196 g/mol. The van der Waals surface area contributed by atoms with Crippen molar-refractivity contribution in [1.29, 1.82) is 0 Å². The van der Waals surface area contributed by atoms with Crippen molar-refractivity contribution in [3.05, 3.63) is 52.8 Å². The molecule has 0 aliphatic carbocycles. The Kier molecular flexibility index (Phi) is 2.65. The minimum atomic E-state index is 0.753. The van der Waals surface area contributed by atoms with E-state index in [9.17, 15) is 0 Å². The number of hydrogen-bond acceptors (Lipinski definition) is 1. The summed E-state index contributed by atoms with van der Waals surface area (Å²) >= 11 is 5.77. The molecule has 0 atom stereocenters. The number of halogens is 1. The minimum Gasteiger partial charge on any atom is -0.278 e. The van der Waals surface area contributed by atoms with Crippen LogP contribution in [-0.2, 0) is 0 Å². The molecule has 0 unspecified atom stereocenters. The fourth-order valence-electron chi connectivity index (χ4n) is 1.12. The molecule has 2 rings (SSSR count). The largest absolute Gasteiger partial charge is 0.278 e. The summed E-state index contributed by atoms with van der Waals surface area (Å²) in [4.78, 5) is 0. The molecule has 0 aliphatic rings. The predicted molar refractivity (Wildman–Crippen MR) is 59.0 cm³/mol. The lowest BCUT2D eigenvalue weighted by atomic mass is 10.2. The van der Waals surface area contributed by atoms with Crippen molar-refractivity contribution < 1.29 is 0 Å². The van der Waals surface area contributed by atoms with Crippen molar-refractivity contribution in [2.45, 2.75) is 0 Å². The summed E-state index contributed by atoms with van der Waals surface area (Å²) in [6.07, 6.45) is 5.70. The third-order valence-electron chi connectivity index (χ3n) is 1.85. The lowest BCUT2D eigenvalue weighted by Crippen LogP contribution is -1.72. The van der Waals surface area contributed by atoms with Gasteiger partial charge in [0.1, 0.15) is 0 Å². The number of rotatable bonds is 2. The molecule has 0 fully saturated rings. The molecule has 0 saturated heterocycles. The summed E-state index contributed by atoms with van der Waals surface area (Å²) < 4.78 is 0. The molecule has 0 saturated carbocycles. The van der Waals surface area contributed by atoms with Crippen LogP contribution in [0.1, 0.15) is 11.3 Å². The number of H-pyrrole nitrogens is 1. The monoisotopic (exact) mass is 204 g/mol. The van der Waals surface area contributed by atoms with Gasteiger partial charge in [-0.3, -0.25) is 5.10 Å². The van der Waals surface area contributed by atoms with Crippen LogP contribution in [0.2, 0.25) is 5.02 Å². The average molecular weight is 205 g/mol. The van der Waals surface area contributed by atoms with Crippen LogP contribution in [0.5, 0.6) is 0 Å².